The minimum atomic E-state index is -3.76. The summed E-state index contributed by atoms with van der Waals surface area (Å²) < 4.78 is 104. The smallest absolute Gasteiger partial charge is 0.230 e. The molecular weight excluding hydrogens is 350 g/mol. The van der Waals surface area contributed by atoms with Gasteiger partial charge >= 0.3 is 0 Å². The van der Waals surface area contributed by atoms with E-state index in [1.807, 2.05) is 0 Å². The van der Waals surface area contributed by atoms with Gasteiger partial charge in [0.2, 0.25) is 11.8 Å². The van der Waals surface area contributed by atoms with Crippen LogP contribution < -0.4 is 0 Å². The predicted molar refractivity (Wildman–Crippen MR) is 112 cm³/mol. The topological polar surface area (TPSA) is 45.6 Å². The Morgan fingerprint density at radius 2 is 2.14 bits per heavy atom. The lowest BCUT2D eigenvalue weighted by Gasteiger charge is -2.40. The van der Waals surface area contributed by atoms with Gasteiger partial charge in [-0.1, -0.05) is 25.1 Å². The van der Waals surface area contributed by atoms with Gasteiger partial charge in [0.1, 0.15) is 0 Å². The first kappa shape index (κ1) is 8.95. The molecule has 0 spiro atoms. The molecule has 1 aliphatic heterocycles. The van der Waals surface area contributed by atoms with E-state index >= 15 is 0 Å². The Hall–Kier alpha value is -2.40. The van der Waals surface area contributed by atoms with Crippen LogP contribution in [0.25, 0.3) is 16.5 Å². The van der Waals surface area contributed by atoms with Gasteiger partial charge in [-0.2, -0.15) is 0 Å². The van der Waals surface area contributed by atoms with Crippen LogP contribution in [0, 0.1) is 5.92 Å². The van der Waals surface area contributed by atoms with Gasteiger partial charge in [0.05, 0.1) is 11.4 Å². The summed E-state index contributed by atoms with van der Waals surface area (Å²) in [6, 6.07) is 4.24. The lowest BCUT2D eigenvalue weighted by molar-refractivity contribution is -0.134. The minimum absolute atomic E-state index is 0.151. The fraction of sp³-hybridized carbons (Fsp3) is 0.478. The third-order valence-corrected chi connectivity index (χ3v) is 5.47. The molecule has 5 nitrogen and oxygen atoms in total. The molecule has 4 rings (SSSR count). The number of nitrogens with zero attached hydrogens (tertiary/aromatic N) is 3. The summed E-state index contributed by atoms with van der Waals surface area (Å²) in [5.74, 6) is -3.33. The molecule has 0 saturated heterocycles. The highest BCUT2D eigenvalue weighted by atomic mass is 16.2. The minimum Gasteiger partial charge on any atom is -0.343 e. The number of rotatable bonds is 4. The Kier molecular flexibility index (Phi) is 2.30. The van der Waals surface area contributed by atoms with Crippen LogP contribution in [0.1, 0.15) is 60.8 Å². The molecule has 2 aliphatic rings. The monoisotopic (exact) mass is 392 g/mol. The molecule has 1 aromatic heterocycles. The van der Waals surface area contributed by atoms with Crippen LogP contribution in [0.5, 0.6) is 0 Å². The van der Waals surface area contributed by atoms with Gasteiger partial charge < -0.3 is 4.90 Å². The van der Waals surface area contributed by atoms with Gasteiger partial charge in [-0.05, 0) is 49.9 Å². The van der Waals surface area contributed by atoms with Crippen LogP contribution in [0.2, 0.25) is 0 Å². The largest absolute Gasteiger partial charge is 0.343 e. The molecule has 1 amide bonds. The van der Waals surface area contributed by atoms with E-state index in [0.717, 1.165) is 4.90 Å². The number of amides is 1. The third kappa shape index (κ3) is 2.80. The lowest BCUT2D eigenvalue weighted by Crippen LogP contribution is -2.47. The molecule has 0 fully saturated rings. The third-order valence-electron chi connectivity index (χ3n) is 5.47. The van der Waals surface area contributed by atoms with Crippen LogP contribution >= 0.6 is 0 Å². The zero-order chi connectivity index (χ0) is 31.1. The van der Waals surface area contributed by atoms with Gasteiger partial charge in [0, 0.05) is 61.4 Å². The average Bonchev–Trinajstić information content (AvgIpc) is 3.20. The van der Waals surface area contributed by atoms with Crippen LogP contribution in [0.15, 0.2) is 30.5 Å². The molecule has 28 heavy (non-hydrogen) atoms. The average molecular weight is 393 g/mol. The van der Waals surface area contributed by atoms with E-state index in [2.05, 4.69) is 0 Å². The second-order valence-corrected chi connectivity index (χ2v) is 6.97. The quantitative estimate of drug-likeness (QED) is 0.801. The van der Waals surface area contributed by atoms with Gasteiger partial charge in [0.25, 0.3) is 0 Å². The summed E-state index contributed by atoms with van der Waals surface area (Å²) in [5, 5.41) is 0.655. The first-order valence-corrected chi connectivity index (χ1v) is 9.05. The van der Waals surface area contributed by atoms with Crippen LogP contribution in [0.4, 0.5) is 0 Å². The highest BCUT2D eigenvalue weighted by molar-refractivity contribution is 6.03. The molecule has 2 atom stereocenters. The van der Waals surface area contributed by atoms with E-state index < -0.39 is 63.0 Å². The molecule has 0 bridgehead atoms. The van der Waals surface area contributed by atoms with E-state index in [4.69, 9.17) is 17.8 Å². The summed E-state index contributed by atoms with van der Waals surface area (Å²) in [6.45, 7) is -16.5. The summed E-state index contributed by atoms with van der Waals surface area (Å²) >= 11 is 0. The van der Waals surface area contributed by atoms with Crippen LogP contribution in [-0.4, -0.2) is 58.7 Å². The van der Waals surface area contributed by atoms with E-state index in [1.54, 1.807) is 31.3 Å². The van der Waals surface area contributed by atoms with Crippen molar-refractivity contribution in [2.24, 2.45) is 5.92 Å². The SMILES string of the molecule is [2H]C([2H])([2H])N1C[C@H](C(=O)N(C([2H])([2H])C([2H])([2H])[2H])C([2H])([2H])C([2H])([2H])[2H])C=C2c3cccc4c3c(cn4C(=O)CC)C[C@H]21. The Morgan fingerprint density at radius 1 is 1.32 bits per heavy atom. The number of carbonyl (C=O) groups is 2. The molecule has 0 N–H and O–H groups in total. The number of benzene rings is 1. The summed E-state index contributed by atoms with van der Waals surface area (Å²) in [7, 11) is 0. The fourth-order valence-electron chi connectivity index (χ4n) is 4.18. The first-order valence-electron chi connectivity index (χ1n) is 15.5. The van der Waals surface area contributed by atoms with Crippen molar-refractivity contribution in [2.75, 3.05) is 26.5 Å². The number of aromatic nitrogens is 1. The second-order valence-electron chi connectivity index (χ2n) is 6.97. The standard InChI is InChI=1S/C23H29N3O2/c1-5-21(27)26-14-15-12-20-18(17-9-8-10-19(26)22(15)17)11-16(13-24(20)4)23(28)25(6-2)7-3/h8-11,14,16,20H,5-7,12-13H2,1-4H3/t16-,20-/m1/s1/i2D3,3D3,4D3,6D2,7D2. The zero-order valence-electron chi connectivity index (χ0n) is 28.3. The molecule has 1 aliphatic carbocycles. The summed E-state index contributed by atoms with van der Waals surface area (Å²) in [4.78, 5) is 27.1. The van der Waals surface area contributed by atoms with Crippen LogP contribution in [0.3, 0.4) is 0 Å². The van der Waals surface area contributed by atoms with Gasteiger partial charge in [-0.3, -0.25) is 19.1 Å². The molecule has 0 unspecified atom stereocenters. The van der Waals surface area contributed by atoms with Gasteiger partial charge in [0.15, 0.2) is 0 Å². The number of hydrogen-bond acceptors (Lipinski definition) is 3. The van der Waals surface area contributed by atoms with Gasteiger partial charge in [-0.25, -0.2) is 0 Å². The number of carbonyl (C=O) groups excluding carboxylic acids is 2. The normalized spacial score (nSPS) is 30.6. The van der Waals surface area contributed by atoms with E-state index in [0.29, 0.717) is 27.6 Å². The molecule has 1 aromatic carbocycles. The molecule has 2 aromatic rings. The Balaban J connectivity index is 1.94. The number of likely N-dealkylation sites (N-methyl/N-ethyl adjacent to an activating group) is 1. The predicted octanol–water partition coefficient (Wildman–Crippen LogP) is 3.43. The number of hydrogen-bond donors (Lipinski definition) is 0. The Bertz CT molecular complexity index is 1390. The highest BCUT2D eigenvalue weighted by Crippen LogP contribution is 2.41. The Labute approximate surface area is 184 Å². The molecule has 2 heterocycles. The molecular formula is C23H29N3O2. The van der Waals surface area contributed by atoms with Crippen molar-refractivity contribution in [1.82, 2.24) is 14.4 Å². The van der Waals surface area contributed by atoms with Crippen molar-refractivity contribution in [2.45, 2.75) is 39.5 Å². The molecule has 0 radical (unpaired) electrons. The highest BCUT2D eigenvalue weighted by Gasteiger charge is 2.37. The molecule has 148 valence electrons. The van der Waals surface area contributed by atoms with E-state index in [9.17, 15) is 9.59 Å². The first-order chi connectivity index (χ1) is 18.6. The fourth-order valence-corrected chi connectivity index (χ4v) is 4.18. The summed E-state index contributed by atoms with van der Waals surface area (Å²) in [6.07, 6.45) is 3.36. The van der Waals surface area contributed by atoms with Crippen molar-refractivity contribution < 1.29 is 27.4 Å². The zero-order valence-corrected chi connectivity index (χ0v) is 15.3. The number of fused-ring (bicyclic) bond motifs is 2. The second kappa shape index (κ2) is 7.21. The molecule has 5 heteroatoms. The summed E-state index contributed by atoms with van der Waals surface area (Å²) in [5.41, 5.74) is 2.12. The van der Waals surface area contributed by atoms with Crippen molar-refractivity contribution in [3.05, 3.63) is 41.6 Å². The van der Waals surface area contributed by atoms with Gasteiger partial charge in [-0.15, -0.1) is 0 Å². The van der Waals surface area contributed by atoms with Crippen molar-refractivity contribution >= 4 is 28.3 Å². The van der Waals surface area contributed by atoms with Crippen LogP contribution in [-0.2, 0) is 11.2 Å². The maximum Gasteiger partial charge on any atom is 0.230 e. The molecule has 0 saturated carbocycles. The van der Waals surface area contributed by atoms with Crippen molar-refractivity contribution in [1.29, 1.82) is 0 Å². The van der Waals surface area contributed by atoms with E-state index in [-0.39, 0.29) is 18.7 Å². The van der Waals surface area contributed by atoms with E-state index in [1.165, 1.54) is 10.6 Å². The van der Waals surface area contributed by atoms with Crippen molar-refractivity contribution in [3.63, 3.8) is 0 Å². The Morgan fingerprint density at radius 3 is 2.86 bits per heavy atom. The maximum absolute atomic E-state index is 13.9. The maximum atomic E-state index is 13.9. The lowest BCUT2D eigenvalue weighted by atomic mass is 9.79. The van der Waals surface area contributed by atoms with Crippen molar-refractivity contribution in [3.8, 4) is 0 Å².